The summed E-state index contributed by atoms with van der Waals surface area (Å²) in [4.78, 5) is 26.6. The summed E-state index contributed by atoms with van der Waals surface area (Å²) in [5, 5.41) is 0.375. The third-order valence-electron chi connectivity index (χ3n) is 4.23. The number of ether oxygens (including phenoxy) is 3. The van der Waals surface area contributed by atoms with Crippen LogP contribution in [0.5, 0.6) is 11.5 Å². The van der Waals surface area contributed by atoms with Gasteiger partial charge >= 0.3 is 6.09 Å². The van der Waals surface area contributed by atoms with Crippen LogP contribution in [0, 0.1) is 0 Å². The Morgan fingerprint density at radius 2 is 1.86 bits per heavy atom. The molecule has 6 nitrogen and oxygen atoms in total. The van der Waals surface area contributed by atoms with E-state index in [1.807, 2.05) is 18.2 Å². The van der Waals surface area contributed by atoms with Crippen molar-refractivity contribution < 1.29 is 23.8 Å². The maximum absolute atomic E-state index is 12.7. The second-order valence-electron chi connectivity index (χ2n) is 6.05. The number of hydrogen-bond acceptors (Lipinski definition) is 5. The molecule has 1 heterocycles. The molecule has 0 N–H and O–H groups in total. The van der Waals surface area contributed by atoms with E-state index in [1.165, 1.54) is 23.1 Å². The number of benzene rings is 2. The molecule has 7 heteroatoms. The first-order chi connectivity index (χ1) is 13.6. The molecule has 1 aliphatic heterocycles. The molecule has 0 radical (unpaired) electrons. The Balaban J connectivity index is 1.80. The lowest BCUT2D eigenvalue weighted by molar-refractivity contribution is 0.0415. The number of methoxy groups -OCH3 is 1. The Labute approximate surface area is 168 Å². The number of ketones is 1. The predicted molar refractivity (Wildman–Crippen MR) is 106 cm³/mol. The van der Waals surface area contributed by atoms with Gasteiger partial charge in [0, 0.05) is 23.7 Å². The molecular weight excluding hydrogens is 382 g/mol. The number of halogens is 1. The van der Waals surface area contributed by atoms with E-state index in [9.17, 15) is 9.59 Å². The number of hydrogen-bond donors (Lipinski definition) is 0. The first-order valence-corrected chi connectivity index (χ1v) is 9.16. The normalized spacial score (nSPS) is 14.1. The van der Waals surface area contributed by atoms with E-state index in [0.717, 1.165) is 5.56 Å². The average Bonchev–Trinajstić information content (AvgIpc) is 2.74. The second kappa shape index (κ2) is 9.39. The zero-order valence-corrected chi connectivity index (χ0v) is 16.1. The highest BCUT2D eigenvalue weighted by molar-refractivity contribution is 6.31. The van der Waals surface area contributed by atoms with Crippen molar-refractivity contribution in [3.05, 3.63) is 64.7 Å². The molecule has 1 fully saturated rings. The molecule has 0 atom stereocenters. The van der Waals surface area contributed by atoms with Crippen molar-refractivity contribution in [2.45, 2.75) is 0 Å². The van der Waals surface area contributed by atoms with Gasteiger partial charge in [-0.05, 0) is 36.4 Å². The van der Waals surface area contributed by atoms with Gasteiger partial charge in [-0.25, -0.2) is 4.79 Å². The summed E-state index contributed by atoms with van der Waals surface area (Å²) < 4.78 is 16.0. The van der Waals surface area contributed by atoms with Crippen LogP contribution >= 0.6 is 11.6 Å². The minimum atomic E-state index is -0.520. The van der Waals surface area contributed by atoms with Crippen LogP contribution in [0.1, 0.15) is 15.9 Å². The fourth-order valence-corrected chi connectivity index (χ4v) is 2.92. The molecule has 0 spiro atoms. The van der Waals surface area contributed by atoms with Crippen molar-refractivity contribution in [3.63, 3.8) is 0 Å². The SMILES string of the molecule is COc1ccccc1C=CC(=O)c1cc(Cl)ccc1OC(=O)N1CCOCC1. The maximum atomic E-state index is 12.7. The quantitative estimate of drug-likeness (QED) is 0.558. The number of morpholine rings is 1. The van der Waals surface area contributed by atoms with Crippen LogP contribution in [0.2, 0.25) is 5.02 Å². The number of rotatable bonds is 5. The largest absolute Gasteiger partial charge is 0.496 e. The second-order valence-corrected chi connectivity index (χ2v) is 6.48. The molecule has 2 aromatic carbocycles. The lowest BCUT2D eigenvalue weighted by Gasteiger charge is -2.26. The molecule has 28 heavy (non-hydrogen) atoms. The minimum absolute atomic E-state index is 0.163. The standard InChI is InChI=1S/C21H20ClNO5/c1-26-19-5-3-2-4-15(19)6-8-18(24)17-14-16(22)7-9-20(17)28-21(25)23-10-12-27-13-11-23/h2-9,14H,10-13H2,1H3. The topological polar surface area (TPSA) is 65.1 Å². The third-order valence-corrected chi connectivity index (χ3v) is 4.46. The van der Waals surface area contributed by atoms with Gasteiger partial charge in [0.1, 0.15) is 11.5 Å². The molecule has 0 saturated carbocycles. The number of carbonyl (C=O) groups excluding carboxylic acids is 2. The fraction of sp³-hybridized carbons (Fsp3) is 0.238. The lowest BCUT2D eigenvalue weighted by atomic mass is 10.1. The molecule has 146 valence electrons. The minimum Gasteiger partial charge on any atom is -0.496 e. The summed E-state index contributed by atoms with van der Waals surface area (Å²) in [7, 11) is 1.56. The number of para-hydroxylation sites is 1. The van der Waals surface area contributed by atoms with E-state index >= 15 is 0 Å². The van der Waals surface area contributed by atoms with Gasteiger partial charge in [-0.1, -0.05) is 29.8 Å². The van der Waals surface area contributed by atoms with Gasteiger partial charge < -0.3 is 19.1 Å². The molecule has 0 aromatic heterocycles. The van der Waals surface area contributed by atoms with Crippen LogP contribution in [0.4, 0.5) is 4.79 Å². The third kappa shape index (κ3) is 4.91. The lowest BCUT2D eigenvalue weighted by Crippen LogP contribution is -2.42. The van der Waals surface area contributed by atoms with Crippen LogP contribution in [0.3, 0.4) is 0 Å². The zero-order chi connectivity index (χ0) is 19.9. The van der Waals surface area contributed by atoms with E-state index < -0.39 is 6.09 Å². The smallest absolute Gasteiger partial charge is 0.415 e. The number of nitrogens with zero attached hydrogens (tertiary/aromatic N) is 1. The molecule has 1 saturated heterocycles. The Morgan fingerprint density at radius 3 is 2.61 bits per heavy atom. The highest BCUT2D eigenvalue weighted by Crippen LogP contribution is 2.26. The summed E-state index contributed by atoms with van der Waals surface area (Å²) in [5.41, 5.74) is 0.965. The van der Waals surface area contributed by atoms with E-state index in [0.29, 0.717) is 37.1 Å². The summed E-state index contributed by atoms with van der Waals surface area (Å²) in [6, 6.07) is 11.9. The van der Waals surface area contributed by atoms with Crippen molar-refractivity contribution >= 4 is 29.6 Å². The molecular formula is C21H20ClNO5. The Kier molecular flexibility index (Phi) is 6.68. The van der Waals surface area contributed by atoms with E-state index in [1.54, 1.807) is 25.3 Å². The summed E-state index contributed by atoms with van der Waals surface area (Å²) in [6.45, 7) is 1.82. The van der Waals surface area contributed by atoms with E-state index in [-0.39, 0.29) is 17.1 Å². The highest BCUT2D eigenvalue weighted by atomic mass is 35.5. The maximum Gasteiger partial charge on any atom is 0.415 e. The summed E-state index contributed by atoms with van der Waals surface area (Å²) in [5.74, 6) is 0.477. The predicted octanol–water partition coefficient (Wildman–Crippen LogP) is 4.08. The number of allylic oxidation sites excluding steroid dienone is 1. The Bertz CT molecular complexity index is 890. The first-order valence-electron chi connectivity index (χ1n) is 8.78. The van der Waals surface area contributed by atoms with Crippen LogP contribution < -0.4 is 9.47 Å². The van der Waals surface area contributed by atoms with Crippen molar-refractivity contribution in [1.29, 1.82) is 0 Å². The molecule has 1 aliphatic rings. The average molecular weight is 402 g/mol. The molecule has 0 aliphatic carbocycles. The van der Waals surface area contributed by atoms with Gasteiger partial charge in [-0.3, -0.25) is 4.79 Å². The first kappa shape index (κ1) is 19.9. The van der Waals surface area contributed by atoms with Crippen LogP contribution in [-0.2, 0) is 4.74 Å². The van der Waals surface area contributed by atoms with Crippen LogP contribution in [0.15, 0.2) is 48.5 Å². The van der Waals surface area contributed by atoms with Gasteiger partial charge in [-0.2, -0.15) is 0 Å². The molecule has 1 amide bonds. The van der Waals surface area contributed by atoms with Crippen molar-refractivity contribution in [1.82, 2.24) is 4.90 Å². The number of carbonyl (C=O) groups is 2. The molecule has 0 unspecified atom stereocenters. The summed E-state index contributed by atoms with van der Waals surface area (Å²) >= 11 is 6.05. The fourth-order valence-electron chi connectivity index (χ4n) is 2.75. The Morgan fingerprint density at radius 1 is 1.11 bits per heavy atom. The Hall–Kier alpha value is -2.83. The summed E-state index contributed by atoms with van der Waals surface area (Å²) in [6.07, 6.45) is 2.53. The van der Waals surface area contributed by atoms with Gasteiger partial charge in [0.2, 0.25) is 0 Å². The van der Waals surface area contributed by atoms with E-state index in [2.05, 4.69) is 0 Å². The zero-order valence-electron chi connectivity index (χ0n) is 15.4. The monoisotopic (exact) mass is 401 g/mol. The van der Waals surface area contributed by atoms with Crippen molar-refractivity contribution in [3.8, 4) is 11.5 Å². The van der Waals surface area contributed by atoms with Crippen molar-refractivity contribution in [2.75, 3.05) is 33.4 Å². The van der Waals surface area contributed by atoms with Crippen LogP contribution in [0.25, 0.3) is 6.08 Å². The van der Waals surface area contributed by atoms with E-state index in [4.69, 9.17) is 25.8 Å². The molecule has 2 aromatic rings. The highest BCUT2D eigenvalue weighted by Gasteiger charge is 2.21. The van der Waals surface area contributed by atoms with Crippen LogP contribution in [-0.4, -0.2) is 50.2 Å². The van der Waals surface area contributed by atoms with Gasteiger partial charge in [0.15, 0.2) is 5.78 Å². The van der Waals surface area contributed by atoms with Gasteiger partial charge in [0.25, 0.3) is 0 Å². The van der Waals surface area contributed by atoms with Crippen molar-refractivity contribution in [2.24, 2.45) is 0 Å². The van der Waals surface area contributed by atoms with Gasteiger partial charge in [-0.15, -0.1) is 0 Å². The van der Waals surface area contributed by atoms with Gasteiger partial charge in [0.05, 0.1) is 25.9 Å². The molecule has 3 rings (SSSR count). The molecule has 0 bridgehead atoms. The number of amides is 1.